The molecule has 144 valence electrons. The number of aromatic nitrogens is 3. The summed E-state index contributed by atoms with van der Waals surface area (Å²) in [6.45, 7) is 13.1. The summed E-state index contributed by atoms with van der Waals surface area (Å²) in [7, 11) is 0. The summed E-state index contributed by atoms with van der Waals surface area (Å²) in [6, 6.07) is 10.3. The number of benzene rings is 1. The second-order valence-electron chi connectivity index (χ2n) is 7.92. The van der Waals surface area contributed by atoms with E-state index >= 15 is 0 Å². The first-order valence-electron chi connectivity index (χ1n) is 9.49. The molecule has 0 saturated carbocycles. The average Bonchev–Trinajstić information content (AvgIpc) is 3.01. The van der Waals surface area contributed by atoms with Gasteiger partial charge in [-0.3, -0.25) is 9.69 Å². The molecule has 0 bridgehead atoms. The fourth-order valence-corrected chi connectivity index (χ4v) is 3.99. The van der Waals surface area contributed by atoms with Crippen molar-refractivity contribution in [1.29, 1.82) is 0 Å². The highest BCUT2D eigenvalue weighted by Gasteiger charge is 2.14. The van der Waals surface area contributed by atoms with Gasteiger partial charge in [0.1, 0.15) is 5.01 Å². The molecule has 0 aliphatic carbocycles. The molecular formula is C21H28N4OS. The third-order valence-electron chi connectivity index (χ3n) is 4.34. The summed E-state index contributed by atoms with van der Waals surface area (Å²) in [5.41, 5.74) is 3.25. The van der Waals surface area contributed by atoms with Gasteiger partial charge in [0.2, 0.25) is 4.96 Å². The molecule has 0 atom stereocenters. The number of hydrogen-bond acceptors (Lipinski definition) is 5. The molecule has 1 aromatic carbocycles. The number of nitrogens with zero attached hydrogens (tertiary/aromatic N) is 4. The van der Waals surface area contributed by atoms with E-state index < -0.39 is 0 Å². The van der Waals surface area contributed by atoms with Crippen LogP contribution in [0.4, 0.5) is 0 Å². The fraction of sp³-hybridized carbons (Fsp3) is 0.476. The van der Waals surface area contributed by atoms with Crippen molar-refractivity contribution in [2.45, 2.75) is 53.6 Å². The van der Waals surface area contributed by atoms with E-state index in [2.05, 4.69) is 68.9 Å². The Balaban J connectivity index is 1.86. The van der Waals surface area contributed by atoms with Crippen LogP contribution >= 0.6 is 11.3 Å². The molecule has 0 N–H and O–H groups in total. The molecule has 3 aromatic rings. The summed E-state index contributed by atoms with van der Waals surface area (Å²) < 4.78 is 1.43. The molecule has 0 amide bonds. The Morgan fingerprint density at radius 3 is 2.44 bits per heavy atom. The number of aryl methyl sites for hydroxylation is 1. The fourth-order valence-electron chi connectivity index (χ4n) is 3.07. The van der Waals surface area contributed by atoms with Gasteiger partial charge in [0.15, 0.2) is 0 Å². The Kier molecular flexibility index (Phi) is 6.07. The van der Waals surface area contributed by atoms with Gasteiger partial charge in [0.25, 0.3) is 5.56 Å². The van der Waals surface area contributed by atoms with Gasteiger partial charge in [-0.1, -0.05) is 68.9 Å². The summed E-state index contributed by atoms with van der Waals surface area (Å²) in [5, 5.41) is 5.34. The van der Waals surface area contributed by atoms with Crippen LogP contribution in [0.3, 0.4) is 0 Å². The number of fused-ring (bicyclic) bond motifs is 1. The van der Waals surface area contributed by atoms with Crippen LogP contribution in [-0.4, -0.2) is 26.0 Å². The van der Waals surface area contributed by atoms with E-state index in [0.717, 1.165) is 23.8 Å². The van der Waals surface area contributed by atoms with Gasteiger partial charge >= 0.3 is 0 Å². The van der Waals surface area contributed by atoms with E-state index in [0.29, 0.717) is 23.3 Å². The maximum atomic E-state index is 12.5. The largest absolute Gasteiger partial charge is 0.293 e. The van der Waals surface area contributed by atoms with Crippen molar-refractivity contribution in [1.82, 2.24) is 19.5 Å². The van der Waals surface area contributed by atoms with E-state index in [1.165, 1.54) is 27.0 Å². The molecule has 27 heavy (non-hydrogen) atoms. The van der Waals surface area contributed by atoms with Gasteiger partial charge in [-0.2, -0.15) is 9.61 Å². The molecule has 0 aliphatic rings. The molecule has 0 radical (unpaired) electrons. The van der Waals surface area contributed by atoms with E-state index in [9.17, 15) is 4.79 Å². The lowest BCUT2D eigenvalue weighted by molar-refractivity contribution is 0.225. The summed E-state index contributed by atoms with van der Waals surface area (Å²) in [4.78, 5) is 20.2. The molecule has 6 heteroatoms. The zero-order chi connectivity index (χ0) is 19.6. The van der Waals surface area contributed by atoms with Crippen LogP contribution in [0.15, 0.2) is 35.1 Å². The van der Waals surface area contributed by atoms with Crippen molar-refractivity contribution in [3.05, 3.63) is 62.5 Å². The van der Waals surface area contributed by atoms with Crippen molar-refractivity contribution in [3.8, 4) is 0 Å². The van der Waals surface area contributed by atoms with Gasteiger partial charge in [0.05, 0.1) is 5.69 Å². The van der Waals surface area contributed by atoms with E-state index in [4.69, 9.17) is 4.98 Å². The second kappa shape index (κ2) is 8.31. The molecule has 5 nitrogen and oxygen atoms in total. The predicted molar refractivity (Wildman–Crippen MR) is 111 cm³/mol. The third-order valence-corrected chi connectivity index (χ3v) is 5.55. The molecule has 2 heterocycles. The summed E-state index contributed by atoms with van der Waals surface area (Å²) in [5.74, 6) is 0.828. The molecular weight excluding hydrogens is 356 g/mol. The van der Waals surface area contributed by atoms with Crippen LogP contribution in [-0.2, 0) is 13.1 Å². The Hall–Kier alpha value is -2.05. The topological polar surface area (TPSA) is 50.5 Å². The van der Waals surface area contributed by atoms with Gasteiger partial charge < -0.3 is 0 Å². The quantitative estimate of drug-likeness (QED) is 0.611. The third kappa shape index (κ3) is 5.02. The highest BCUT2D eigenvalue weighted by molar-refractivity contribution is 7.16. The van der Waals surface area contributed by atoms with Gasteiger partial charge in [-0.05, 0) is 18.4 Å². The van der Waals surface area contributed by atoms with E-state index in [-0.39, 0.29) is 5.56 Å². The number of hydrogen-bond donors (Lipinski definition) is 0. The summed E-state index contributed by atoms with van der Waals surface area (Å²) >= 11 is 1.50. The Labute approximate surface area is 164 Å². The molecule has 0 fully saturated rings. The SMILES string of the molecule is Cc1ccc(CN(Cc2cc(=O)n3nc(C(C)C)sc3n2)CC(C)C)cc1. The lowest BCUT2D eigenvalue weighted by Gasteiger charge is -2.24. The zero-order valence-corrected chi connectivity index (χ0v) is 17.6. The van der Waals surface area contributed by atoms with E-state index in [1.54, 1.807) is 6.07 Å². The van der Waals surface area contributed by atoms with Crippen molar-refractivity contribution >= 4 is 16.3 Å². The van der Waals surface area contributed by atoms with Crippen LogP contribution in [0.5, 0.6) is 0 Å². The Morgan fingerprint density at radius 2 is 1.81 bits per heavy atom. The smallest absolute Gasteiger partial charge is 0.275 e. The molecule has 0 spiro atoms. The Morgan fingerprint density at radius 1 is 1.11 bits per heavy atom. The average molecular weight is 385 g/mol. The monoisotopic (exact) mass is 384 g/mol. The van der Waals surface area contributed by atoms with Crippen LogP contribution in [0.2, 0.25) is 0 Å². The highest BCUT2D eigenvalue weighted by atomic mass is 32.1. The maximum absolute atomic E-state index is 12.5. The first-order chi connectivity index (χ1) is 12.8. The second-order valence-corrected chi connectivity index (χ2v) is 8.91. The van der Waals surface area contributed by atoms with Gasteiger partial charge in [0, 0.05) is 31.6 Å². The van der Waals surface area contributed by atoms with Gasteiger partial charge in [-0.15, -0.1) is 0 Å². The standard InChI is InChI=1S/C21H28N4OS/c1-14(2)11-24(12-17-8-6-16(5)7-9-17)13-18-10-19(26)25-21(22-18)27-20(23-25)15(3)4/h6-10,14-15H,11-13H2,1-5H3. The first-order valence-corrected chi connectivity index (χ1v) is 10.3. The van der Waals surface area contributed by atoms with Crippen molar-refractivity contribution in [2.24, 2.45) is 5.92 Å². The molecule has 2 aromatic heterocycles. The first kappa shape index (κ1) is 19.7. The highest BCUT2D eigenvalue weighted by Crippen LogP contribution is 2.20. The zero-order valence-electron chi connectivity index (χ0n) is 16.8. The molecule has 0 aliphatic heterocycles. The maximum Gasteiger partial charge on any atom is 0.275 e. The van der Waals surface area contributed by atoms with Crippen molar-refractivity contribution in [3.63, 3.8) is 0 Å². The number of rotatable bonds is 7. The van der Waals surface area contributed by atoms with E-state index in [1.807, 2.05) is 0 Å². The minimum atomic E-state index is -0.0991. The van der Waals surface area contributed by atoms with Crippen LogP contribution < -0.4 is 5.56 Å². The van der Waals surface area contributed by atoms with Crippen LogP contribution in [0, 0.1) is 12.8 Å². The summed E-state index contributed by atoms with van der Waals surface area (Å²) in [6.07, 6.45) is 0. The lowest BCUT2D eigenvalue weighted by atomic mass is 10.1. The predicted octanol–water partition coefficient (Wildman–Crippen LogP) is 4.24. The van der Waals surface area contributed by atoms with Crippen molar-refractivity contribution in [2.75, 3.05) is 6.54 Å². The van der Waals surface area contributed by atoms with Crippen LogP contribution in [0.1, 0.15) is 55.4 Å². The minimum Gasteiger partial charge on any atom is -0.293 e. The van der Waals surface area contributed by atoms with Crippen molar-refractivity contribution < 1.29 is 0 Å². The molecule has 0 unspecified atom stereocenters. The normalized spacial score (nSPS) is 12.0. The van der Waals surface area contributed by atoms with Crippen LogP contribution in [0.25, 0.3) is 4.96 Å². The lowest BCUT2D eigenvalue weighted by Crippen LogP contribution is -2.28. The Bertz CT molecular complexity index is 956. The van der Waals surface area contributed by atoms with Gasteiger partial charge in [-0.25, -0.2) is 4.98 Å². The molecule has 0 saturated heterocycles. The minimum absolute atomic E-state index is 0.0991. The molecule has 3 rings (SSSR count).